The first-order valence-electron chi connectivity index (χ1n) is 9.03. The lowest BCUT2D eigenvalue weighted by Crippen LogP contribution is -2.43. The van der Waals surface area contributed by atoms with Crippen molar-refractivity contribution < 1.29 is 14.6 Å². The molecule has 8 heteroatoms. The van der Waals surface area contributed by atoms with E-state index in [2.05, 4.69) is 5.32 Å². The van der Waals surface area contributed by atoms with Crippen molar-refractivity contribution >= 4 is 17.3 Å². The molecule has 0 heterocycles. The summed E-state index contributed by atoms with van der Waals surface area (Å²) >= 11 is 0. The molecule has 2 radical (unpaired) electrons. The predicted molar refractivity (Wildman–Crippen MR) is 100 cm³/mol. The number of nitrogens with one attached hydrogen (secondary N) is 1. The molecule has 1 amide bonds. The molecule has 2 aliphatic rings. The van der Waals surface area contributed by atoms with Crippen LogP contribution >= 0.6 is 0 Å². The molecule has 2 saturated carbocycles. The number of carbonyl (C=O) groups is 1. The molecule has 2 aliphatic carbocycles. The molecule has 146 valence electrons. The highest BCUT2D eigenvalue weighted by atomic mass is 16.6. The Bertz CT molecular complexity index is 752. The summed E-state index contributed by atoms with van der Waals surface area (Å²) in [5, 5.41) is 25.1. The Morgan fingerprint density at radius 2 is 1.81 bits per heavy atom. The van der Waals surface area contributed by atoms with Crippen molar-refractivity contribution in [2.24, 2.45) is 11.3 Å². The van der Waals surface area contributed by atoms with Crippen LogP contribution in [0.3, 0.4) is 0 Å². The first-order chi connectivity index (χ1) is 12.3. The summed E-state index contributed by atoms with van der Waals surface area (Å²) in [7, 11) is 0. The molecule has 0 aromatic heterocycles. The largest absolute Gasteiger partial charge is 0.351 e. The fourth-order valence-electron chi connectivity index (χ4n) is 4.65. The number of nitro benzene ring substituents is 2. The molecule has 0 saturated heterocycles. The number of rotatable bonds is 5. The van der Waals surface area contributed by atoms with Crippen molar-refractivity contribution in [1.82, 2.24) is 5.32 Å². The van der Waals surface area contributed by atoms with E-state index < -0.39 is 27.1 Å². The summed E-state index contributed by atoms with van der Waals surface area (Å²) in [4.78, 5) is 33.5. The minimum Gasteiger partial charge on any atom is -0.351 e. The maximum atomic E-state index is 12.7. The van der Waals surface area contributed by atoms with Crippen molar-refractivity contribution in [3.63, 3.8) is 0 Å². The number of nitrogens with zero attached hydrogens (tertiary/aromatic N) is 2. The molecule has 0 unspecified atom stereocenters. The van der Waals surface area contributed by atoms with Crippen LogP contribution in [0, 0.1) is 45.9 Å². The Balaban J connectivity index is 0.00000261. The highest BCUT2D eigenvalue weighted by molar-refractivity contribution is 5.97. The fourth-order valence-corrected chi connectivity index (χ4v) is 4.65. The van der Waals surface area contributed by atoms with E-state index in [1.807, 2.05) is 0 Å². The summed E-state index contributed by atoms with van der Waals surface area (Å²) < 4.78 is 0. The molecule has 2 bridgehead atoms. The van der Waals surface area contributed by atoms with Gasteiger partial charge in [0, 0.05) is 18.2 Å². The average Bonchev–Trinajstić information content (AvgIpc) is 2.59. The first kappa shape index (κ1) is 20.8. The van der Waals surface area contributed by atoms with E-state index >= 15 is 0 Å². The van der Waals surface area contributed by atoms with Gasteiger partial charge in [-0.1, -0.05) is 33.1 Å². The number of fused-ring (bicyclic) bond motifs is 2. The quantitative estimate of drug-likeness (QED) is 0.611. The Kier molecular flexibility index (Phi) is 6.18. The van der Waals surface area contributed by atoms with Crippen LogP contribution in [0.1, 0.15) is 60.9 Å². The van der Waals surface area contributed by atoms with Gasteiger partial charge in [-0.3, -0.25) is 25.0 Å². The van der Waals surface area contributed by atoms with Crippen LogP contribution in [0.5, 0.6) is 0 Å². The second-order valence-electron chi connectivity index (χ2n) is 7.69. The smallest absolute Gasteiger partial charge is 0.279 e. The van der Waals surface area contributed by atoms with E-state index in [0.717, 1.165) is 37.3 Å². The fraction of sp³-hybridized carbons (Fsp3) is 0.579. The third-order valence-corrected chi connectivity index (χ3v) is 6.00. The maximum absolute atomic E-state index is 12.7. The Labute approximate surface area is 158 Å². The van der Waals surface area contributed by atoms with Gasteiger partial charge in [0.25, 0.3) is 17.3 Å². The van der Waals surface area contributed by atoms with Gasteiger partial charge in [0.05, 0.1) is 21.5 Å². The summed E-state index contributed by atoms with van der Waals surface area (Å²) in [5.41, 5.74) is -0.581. The third-order valence-electron chi connectivity index (χ3n) is 6.00. The van der Waals surface area contributed by atoms with Crippen LogP contribution in [0.2, 0.25) is 0 Å². The molecule has 0 aliphatic heterocycles. The van der Waals surface area contributed by atoms with Gasteiger partial charge < -0.3 is 5.32 Å². The number of non-ortho nitro benzene ring substituents is 1. The van der Waals surface area contributed by atoms with Crippen LogP contribution in [0.4, 0.5) is 11.4 Å². The molecular formula is C19H25N3O5. The summed E-state index contributed by atoms with van der Waals surface area (Å²) in [6.07, 6.45) is 8.12. The lowest BCUT2D eigenvalue weighted by atomic mass is 9.62. The van der Waals surface area contributed by atoms with E-state index in [4.69, 9.17) is 0 Å². The minimum absolute atomic E-state index is 0. The van der Waals surface area contributed by atoms with Crippen molar-refractivity contribution in [2.45, 2.75) is 51.9 Å². The summed E-state index contributed by atoms with van der Waals surface area (Å²) in [6, 6.07) is 2.03. The summed E-state index contributed by atoms with van der Waals surface area (Å²) in [6.45, 7) is 1.98. The highest BCUT2D eigenvalue weighted by Gasteiger charge is 2.39. The SMILES string of the molecule is Cc1c(C(=O)NCC23CCCC(CCC2)C3)cc([N+](=O)[O-])cc1[N+](=O)[O-].[CH2]. The second-order valence-corrected chi connectivity index (χ2v) is 7.69. The number of carbonyl (C=O) groups excluding carboxylic acids is 1. The maximum Gasteiger partial charge on any atom is 0.279 e. The van der Waals surface area contributed by atoms with E-state index in [0.29, 0.717) is 6.54 Å². The third kappa shape index (κ3) is 4.26. The predicted octanol–water partition coefficient (Wildman–Crippen LogP) is 4.23. The van der Waals surface area contributed by atoms with Crippen molar-refractivity contribution in [1.29, 1.82) is 0 Å². The normalized spacial score (nSPS) is 23.8. The van der Waals surface area contributed by atoms with Gasteiger partial charge >= 0.3 is 0 Å². The van der Waals surface area contributed by atoms with Crippen molar-refractivity contribution in [2.75, 3.05) is 6.54 Å². The summed E-state index contributed by atoms with van der Waals surface area (Å²) in [5.74, 6) is 0.256. The van der Waals surface area contributed by atoms with Crippen LogP contribution in [0.15, 0.2) is 12.1 Å². The molecule has 2 fully saturated rings. The Morgan fingerprint density at radius 1 is 1.19 bits per heavy atom. The molecule has 27 heavy (non-hydrogen) atoms. The molecular weight excluding hydrogens is 350 g/mol. The van der Waals surface area contributed by atoms with Crippen LogP contribution in [0.25, 0.3) is 0 Å². The molecule has 1 aromatic carbocycles. The standard InChI is InChI=1S/C18H23N3O5.CH2/c1-12-15(8-14(20(23)24)9-16(12)21(25)26)17(22)19-11-18-6-2-4-13(10-18)5-3-7-18;/h8-9,13H,2-7,10-11H2,1H3,(H,19,22);1H2. The first-order valence-corrected chi connectivity index (χ1v) is 9.03. The molecule has 0 spiro atoms. The van der Waals surface area contributed by atoms with E-state index in [-0.39, 0.29) is 24.0 Å². The molecule has 1 aromatic rings. The van der Waals surface area contributed by atoms with Crippen LogP contribution < -0.4 is 5.32 Å². The second kappa shape index (κ2) is 8.02. The van der Waals surface area contributed by atoms with Gasteiger partial charge in [0.2, 0.25) is 0 Å². The van der Waals surface area contributed by atoms with Crippen molar-refractivity contribution in [3.8, 4) is 0 Å². The molecule has 1 N–H and O–H groups in total. The van der Waals surface area contributed by atoms with E-state index in [1.54, 1.807) is 0 Å². The lowest BCUT2D eigenvalue weighted by molar-refractivity contribution is -0.394. The van der Waals surface area contributed by atoms with Crippen LogP contribution in [-0.2, 0) is 0 Å². The Morgan fingerprint density at radius 3 is 2.37 bits per heavy atom. The zero-order valence-corrected chi connectivity index (χ0v) is 15.5. The molecule has 8 nitrogen and oxygen atoms in total. The van der Waals surface area contributed by atoms with E-state index in [9.17, 15) is 25.0 Å². The number of amides is 1. The van der Waals surface area contributed by atoms with Gasteiger partial charge in [-0.15, -0.1) is 0 Å². The number of hydrogen-bond acceptors (Lipinski definition) is 5. The van der Waals surface area contributed by atoms with Gasteiger partial charge in [-0.05, 0) is 37.5 Å². The monoisotopic (exact) mass is 375 g/mol. The van der Waals surface area contributed by atoms with Gasteiger partial charge in [0.15, 0.2) is 0 Å². The van der Waals surface area contributed by atoms with Gasteiger partial charge in [-0.25, -0.2) is 0 Å². The minimum atomic E-state index is -0.714. The van der Waals surface area contributed by atoms with Crippen LogP contribution in [-0.4, -0.2) is 22.3 Å². The topological polar surface area (TPSA) is 115 Å². The zero-order chi connectivity index (χ0) is 18.9. The molecule has 0 atom stereocenters. The lowest BCUT2D eigenvalue weighted by Gasteiger charge is -2.45. The van der Waals surface area contributed by atoms with Crippen molar-refractivity contribution in [3.05, 3.63) is 50.9 Å². The number of nitro groups is 2. The average molecular weight is 375 g/mol. The molecule has 3 rings (SSSR count). The van der Waals surface area contributed by atoms with Gasteiger partial charge in [0.1, 0.15) is 0 Å². The number of benzene rings is 1. The van der Waals surface area contributed by atoms with E-state index in [1.165, 1.54) is 32.6 Å². The highest BCUT2D eigenvalue weighted by Crippen LogP contribution is 2.48. The Hall–Kier alpha value is -2.51. The number of hydrogen-bond donors (Lipinski definition) is 1. The van der Waals surface area contributed by atoms with Gasteiger partial charge in [-0.2, -0.15) is 0 Å². The zero-order valence-electron chi connectivity index (χ0n) is 15.5.